The molecule has 1 heterocycles. The molecule has 53 heavy (non-hydrogen) atoms. The van der Waals surface area contributed by atoms with Crippen molar-refractivity contribution in [2.45, 2.75) is 0 Å². The molecule has 0 radical (unpaired) electrons. The van der Waals surface area contributed by atoms with Gasteiger partial charge in [0.05, 0.1) is 11.0 Å². The van der Waals surface area contributed by atoms with E-state index in [2.05, 4.69) is 205 Å². The molecule has 0 aliphatic heterocycles. The molecule has 0 fully saturated rings. The minimum Gasteiger partial charge on any atom is -0.292 e. The van der Waals surface area contributed by atoms with Gasteiger partial charge in [-0.25, -0.2) is 4.98 Å². The van der Waals surface area contributed by atoms with Crippen molar-refractivity contribution in [3.8, 4) is 61.6 Å². The Morgan fingerprint density at radius 2 is 0.698 bits per heavy atom. The topological polar surface area (TPSA) is 17.8 Å². The Labute approximate surface area is 308 Å². The highest BCUT2D eigenvalue weighted by atomic mass is 15.1. The number of para-hydroxylation sites is 2. The van der Waals surface area contributed by atoms with Crippen LogP contribution in [-0.2, 0) is 0 Å². The van der Waals surface area contributed by atoms with Crippen molar-refractivity contribution in [3.05, 3.63) is 206 Å². The average molecular weight is 675 g/mol. The number of rotatable bonds is 6. The predicted octanol–water partition coefficient (Wildman–Crippen LogP) is 13.7. The number of aromatic nitrogens is 2. The van der Waals surface area contributed by atoms with E-state index < -0.39 is 0 Å². The first-order valence-corrected chi connectivity index (χ1v) is 18.1. The van der Waals surface area contributed by atoms with Gasteiger partial charge in [-0.15, -0.1) is 0 Å². The number of hydrogen-bond donors (Lipinski definition) is 0. The molecule has 1 aromatic heterocycles. The van der Waals surface area contributed by atoms with E-state index in [1.807, 2.05) is 6.07 Å². The summed E-state index contributed by atoms with van der Waals surface area (Å²) in [7, 11) is 0. The Kier molecular flexibility index (Phi) is 7.51. The van der Waals surface area contributed by atoms with E-state index in [1.54, 1.807) is 0 Å². The van der Waals surface area contributed by atoms with Gasteiger partial charge in [-0.3, -0.25) is 4.57 Å². The fraction of sp³-hybridized carbons (Fsp3) is 0. The predicted molar refractivity (Wildman–Crippen MR) is 223 cm³/mol. The van der Waals surface area contributed by atoms with Crippen LogP contribution in [0.15, 0.2) is 206 Å². The number of hydrogen-bond acceptors (Lipinski definition) is 1. The first-order valence-electron chi connectivity index (χ1n) is 18.1. The Bertz CT molecular complexity index is 2850. The zero-order valence-corrected chi connectivity index (χ0v) is 29.0. The van der Waals surface area contributed by atoms with Gasteiger partial charge in [0, 0.05) is 11.3 Å². The highest BCUT2D eigenvalue weighted by Gasteiger charge is 2.18. The standard InChI is InChI=1S/C51H34N2/c1-3-15-35(16-4-1)41-19-7-8-20-42(41)36-27-29-37(30-28-36)49-43-21-9-11-23-45(43)50(46-24-12-10-22-44(46)49)38-31-33-40(34-32-38)53-48-26-14-13-25-47(48)52-51(53)39-17-5-2-6-18-39/h1-34H. The van der Waals surface area contributed by atoms with Crippen LogP contribution in [0.3, 0.4) is 0 Å². The van der Waals surface area contributed by atoms with Gasteiger partial charge < -0.3 is 0 Å². The SMILES string of the molecule is c1ccc(-c2ccccc2-c2ccc(-c3c4ccccc4c(-c4ccc(-n5c(-c6ccccc6)nc6ccccc65)cc4)c4ccccc34)cc2)cc1. The van der Waals surface area contributed by atoms with Crippen molar-refractivity contribution >= 4 is 32.6 Å². The molecule has 0 bridgehead atoms. The van der Waals surface area contributed by atoms with E-state index in [0.29, 0.717) is 0 Å². The highest BCUT2D eigenvalue weighted by Crippen LogP contribution is 2.44. The third kappa shape index (κ3) is 5.32. The molecule has 0 saturated heterocycles. The lowest BCUT2D eigenvalue weighted by atomic mass is 9.85. The molecule has 9 aromatic carbocycles. The molecular formula is C51H34N2. The van der Waals surface area contributed by atoms with Gasteiger partial charge in [0.1, 0.15) is 5.82 Å². The lowest BCUT2D eigenvalue weighted by Gasteiger charge is -2.18. The first-order chi connectivity index (χ1) is 26.3. The van der Waals surface area contributed by atoms with E-state index in [1.165, 1.54) is 66.1 Å². The number of imidazole rings is 1. The van der Waals surface area contributed by atoms with Crippen LogP contribution in [0, 0.1) is 0 Å². The van der Waals surface area contributed by atoms with E-state index >= 15 is 0 Å². The van der Waals surface area contributed by atoms with E-state index in [9.17, 15) is 0 Å². The fourth-order valence-electron chi connectivity index (χ4n) is 8.02. The van der Waals surface area contributed by atoms with Gasteiger partial charge in [0.15, 0.2) is 0 Å². The molecule has 0 atom stereocenters. The van der Waals surface area contributed by atoms with Gasteiger partial charge in [0.25, 0.3) is 0 Å². The Morgan fingerprint density at radius 3 is 1.25 bits per heavy atom. The van der Waals surface area contributed by atoms with E-state index in [-0.39, 0.29) is 0 Å². The van der Waals surface area contributed by atoms with Crippen LogP contribution >= 0.6 is 0 Å². The van der Waals surface area contributed by atoms with Gasteiger partial charge >= 0.3 is 0 Å². The second kappa shape index (κ2) is 12.9. The Morgan fingerprint density at radius 1 is 0.302 bits per heavy atom. The first kappa shape index (κ1) is 30.8. The maximum absolute atomic E-state index is 5.06. The smallest absolute Gasteiger partial charge is 0.145 e. The van der Waals surface area contributed by atoms with Crippen molar-refractivity contribution in [3.63, 3.8) is 0 Å². The molecule has 0 spiro atoms. The van der Waals surface area contributed by atoms with Crippen LogP contribution in [0.2, 0.25) is 0 Å². The summed E-state index contributed by atoms with van der Waals surface area (Å²) in [6.07, 6.45) is 0. The molecule has 2 nitrogen and oxygen atoms in total. The van der Waals surface area contributed by atoms with Gasteiger partial charge in [-0.05, 0) is 90.3 Å². The lowest BCUT2D eigenvalue weighted by molar-refractivity contribution is 1.10. The highest BCUT2D eigenvalue weighted by molar-refractivity contribution is 6.21. The van der Waals surface area contributed by atoms with Crippen LogP contribution in [-0.4, -0.2) is 9.55 Å². The zero-order chi connectivity index (χ0) is 35.1. The quantitative estimate of drug-likeness (QED) is 0.161. The molecule has 2 heteroatoms. The minimum absolute atomic E-state index is 0.939. The Hall–Kier alpha value is -7.03. The van der Waals surface area contributed by atoms with Crippen molar-refractivity contribution in [2.24, 2.45) is 0 Å². The summed E-state index contributed by atoms with van der Waals surface area (Å²) in [4.78, 5) is 5.06. The molecule has 0 aliphatic rings. The minimum atomic E-state index is 0.939. The van der Waals surface area contributed by atoms with Gasteiger partial charge in [-0.1, -0.05) is 182 Å². The molecule has 0 N–H and O–H groups in total. The summed E-state index contributed by atoms with van der Waals surface area (Å²) in [5, 5.41) is 4.97. The number of fused-ring (bicyclic) bond motifs is 3. The largest absolute Gasteiger partial charge is 0.292 e. The maximum Gasteiger partial charge on any atom is 0.145 e. The zero-order valence-electron chi connectivity index (χ0n) is 29.0. The summed E-state index contributed by atoms with van der Waals surface area (Å²) in [5.41, 5.74) is 14.1. The van der Waals surface area contributed by atoms with E-state index in [0.717, 1.165) is 28.1 Å². The van der Waals surface area contributed by atoms with Crippen LogP contribution < -0.4 is 0 Å². The molecule has 0 amide bonds. The van der Waals surface area contributed by atoms with Gasteiger partial charge in [-0.2, -0.15) is 0 Å². The van der Waals surface area contributed by atoms with Crippen LogP contribution in [0.25, 0.3) is 94.2 Å². The number of nitrogens with zero attached hydrogens (tertiary/aromatic N) is 2. The molecule has 10 aromatic rings. The molecular weight excluding hydrogens is 641 g/mol. The average Bonchev–Trinajstić information content (AvgIpc) is 3.63. The second-order valence-corrected chi connectivity index (χ2v) is 13.5. The van der Waals surface area contributed by atoms with Crippen molar-refractivity contribution < 1.29 is 0 Å². The van der Waals surface area contributed by atoms with Crippen LogP contribution in [0.1, 0.15) is 0 Å². The van der Waals surface area contributed by atoms with Crippen LogP contribution in [0.5, 0.6) is 0 Å². The fourth-order valence-corrected chi connectivity index (χ4v) is 8.02. The summed E-state index contributed by atoms with van der Waals surface area (Å²) >= 11 is 0. The maximum atomic E-state index is 5.06. The molecule has 0 aliphatic carbocycles. The molecule has 10 rings (SSSR count). The molecule has 0 saturated carbocycles. The molecule has 248 valence electrons. The van der Waals surface area contributed by atoms with Crippen molar-refractivity contribution in [1.29, 1.82) is 0 Å². The lowest BCUT2D eigenvalue weighted by Crippen LogP contribution is -1.98. The summed E-state index contributed by atoms with van der Waals surface area (Å²) < 4.78 is 2.27. The third-order valence-corrected chi connectivity index (χ3v) is 10.4. The molecule has 0 unspecified atom stereocenters. The summed E-state index contributed by atoms with van der Waals surface area (Å²) in [6, 6.07) is 74.0. The van der Waals surface area contributed by atoms with E-state index in [4.69, 9.17) is 4.98 Å². The van der Waals surface area contributed by atoms with Gasteiger partial charge in [0.2, 0.25) is 0 Å². The number of benzene rings is 9. The van der Waals surface area contributed by atoms with Crippen molar-refractivity contribution in [2.75, 3.05) is 0 Å². The third-order valence-electron chi connectivity index (χ3n) is 10.4. The Balaban J connectivity index is 1.10. The van der Waals surface area contributed by atoms with Crippen LogP contribution in [0.4, 0.5) is 0 Å². The second-order valence-electron chi connectivity index (χ2n) is 13.5. The van der Waals surface area contributed by atoms with Crippen molar-refractivity contribution in [1.82, 2.24) is 9.55 Å². The normalized spacial score (nSPS) is 11.4. The summed E-state index contributed by atoms with van der Waals surface area (Å²) in [5.74, 6) is 0.939. The summed E-state index contributed by atoms with van der Waals surface area (Å²) in [6.45, 7) is 0. The monoisotopic (exact) mass is 674 g/mol.